The minimum absolute atomic E-state index is 0.120. The summed E-state index contributed by atoms with van der Waals surface area (Å²) in [6.07, 6.45) is 1.86. The third kappa shape index (κ3) is 6.86. The second-order valence-corrected chi connectivity index (χ2v) is 11.3. The van der Waals surface area contributed by atoms with Crippen LogP contribution in [0.4, 0.5) is 5.69 Å². The fourth-order valence-electron chi connectivity index (χ4n) is 4.34. The highest BCUT2D eigenvalue weighted by atomic mass is 127. The van der Waals surface area contributed by atoms with Gasteiger partial charge < -0.3 is 18.9 Å². The maximum atomic E-state index is 13.4. The van der Waals surface area contributed by atoms with Crippen molar-refractivity contribution in [1.82, 2.24) is 4.90 Å². The molecule has 1 heterocycles. The Labute approximate surface area is 257 Å². The normalized spacial score (nSPS) is 15.2. The van der Waals surface area contributed by atoms with Crippen molar-refractivity contribution in [2.45, 2.75) is 6.61 Å². The standard InChI is InChI=1S/C32H29IN2O5S/c1-37-15-14-35-31(36)29(41-32(35)34-25-10-12-26(38-2)13-11-25)19-22-17-27(33)30(28(18-22)39-3)40-20-21-8-9-23-6-4-5-7-24(23)16-21/h4-13,16-19H,14-15,20H2,1-3H3/b29-19-,34-32?. The molecular weight excluding hydrogens is 651 g/mol. The van der Waals surface area contributed by atoms with Crippen LogP contribution in [0.15, 0.2) is 88.8 Å². The Balaban J connectivity index is 1.38. The largest absolute Gasteiger partial charge is 0.497 e. The number of halogens is 1. The smallest absolute Gasteiger partial charge is 0.266 e. The van der Waals surface area contributed by atoms with E-state index in [1.54, 1.807) is 26.2 Å². The van der Waals surface area contributed by atoms with Crippen LogP contribution in [0.5, 0.6) is 17.2 Å². The Morgan fingerprint density at radius 2 is 1.71 bits per heavy atom. The van der Waals surface area contributed by atoms with E-state index < -0.39 is 0 Å². The highest BCUT2D eigenvalue weighted by molar-refractivity contribution is 14.1. The molecular formula is C32H29IN2O5S. The molecule has 0 aliphatic carbocycles. The first-order valence-corrected chi connectivity index (χ1v) is 14.8. The molecule has 4 aromatic carbocycles. The molecule has 1 saturated heterocycles. The van der Waals surface area contributed by atoms with Crippen molar-refractivity contribution in [2.24, 2.45) is 4.99 Å². The fraction of sp³-hybridized carbons (Fsp3) is 0.188. The second-order valence-electron chi connectivity index (χ2n) is 9.16. The van der Waals surface area contributed by atoms with Gasteiger partial charge in [0.05, 0.1) is 41.5 Å². The molecule has 41 heavy (non-hydrogen) atoms. The average Bonchev–Trinajstić information content (AvgIpc) is 3.28. The number of hydrogen-bond acceptors (Lipinski definition) is 7. The molecule has 0 atom stereocenters. The Kier molecular flexibility index (Phi) is 9.48. The van der Waals surface area contributed by atoms with Gasteiger partial charge in [-0.15, -0.1) is 0 Å². The van der Waals surface area contributed by atoms with Gasteiger partial charge in [-0.2, -0.15) is 0 Å². The van der Waals surface area contributed by atoms with Crippen molar-refractivity contribution in [2.75, 3.05) is 34.5 Å². The number of amidine groups is 1. The third-order valence-electron chi connectivity index (χ3n) is 6.45. The van der Waals surface area contributed by atoms with E-state index in [-0.39, 0.29) is 5.91 Å². The molecule has 0 bridgehead atoms. The number of amides is 1. The predicted octanol–water partition coefficient (Wildman–Crippen LogP) is 7.29. The first-order valence-electron chi connectivity index (χ1n) is 12.9. The van der Waals surface area contributed by atoms with Gasteiger partial charge in [0.15, 0.2) is 16.7 Å². The molecule has 0 saturated carbocycles. The molecule has 210 valence electrons. The summed E-state index contributed by atoms with van der Waals surface area (Å²) in [6, 6.07) is 25.8. The van der Waals surface area contributed by atoms with Crippen LogP contribution in [0.25, 0.3) is 16.8 Å². The van der Waals surface area contributed by atoms with Gasteiger partial charge >= 0.3 is 0 Å². The highest BCUT2D eigenvalue weighted by Gasteiger charge is 2.33. The molecule has 0 N–H and O–H groups in total. The number of thioether (sulfide) groups is 1. The first kappa shape index (κ1) is 29.0. The highest BCUT2D eigenvalue weighted by Crippen LogP contribution is 2.38. The van der Waals surface area contributed by atoms with Crippen LogP contribution in [0.3, 0.4) is 0 Å². The molecule has 0 spiro atoms. The van der Waals surface area contributed by atoms with E-state index in [2.05, 4.69) is 52.9 Å². The molecule has 5 rings (SSSR count). The number of aliphatic imine (C=N–C) groups is 1. The van der Waals surface area contributed by atoms with E-state index in [1.807, 2.05) is 54.6 Å². The molecule has 1 aliphatic heterocycles. The summed E-state index contributed by atoms with van der Waals surface area (Å²) in [5.41, 5.74) is 2.63. The van der Waals surface area contributed by atoms with E-state index in [0.29, 0.717) is 41.3 Å². The van der Waals surface area contributed by atoms with Crippen LogP contribution in [-0.2, 0) is 16.1 Å². The lowest BCUT2D eigenvalue weighted by atomic mass is 10.1. The average molecular weight is 681 g/mol. The van der Waals surface area contributed by atoms with Crippen LogP contribution in [0.2, 0.25) is 0 Å². The van der Waals surface area contributed by atoms with Crippen LogP contribution in [0, 0.1) is 3.57 Å². The van der Waals surface area contributed by atoms with E-state index in [4.69, 9.17) is 23.9 Å². The minimum Gasteiger partial charge on any atom is -0.497 e. The summed E-state index contributed by atoms with van der Waals surface area (Å²) in [7, 11) is 4.85. The number of ether oxygens (including phenoxy) is 4. The van der Waals surface area contributed by atoms with Crippen LogP contribution in [-0.4, -0.2) is 50.5 Å². The molecule has 0 aromatic heterocycles. The number of nitrogens with zero attached hydrogens (tertiary/aromatic N) is 2. The zero-order valence-electron chi connectivity index (χ0n) is 22.9. The maximum absolute atomic E-state index is 13.4. The van der Waals surface area contributed by atoms with Crippen molar-refractivity contribution in [1.29, 1.82) is 0 Å². The van der Waals surface area contributed by atoms with Gasteiger partial charge in [0, 0.05) is 7.11 Å². The van der Waals surface area contributed by atoms with Gasteiger partial charge in [-0.1, -0.05) is 36.4 Å². The number of rotatable bonds is 10. The maximum Gasteiger partial charge on any atom is 0.266 e. The van der Waals surface area contributed by atoms with Crippen LogP contribution < -0.4 is 14.2 Å². The van der Waals surface area contributed by atoms with Crippen molar-refractivity contribution in [3.8, 4) is 17.2 Å². The lowest BCUT2D eigenvalue weighted by molar-refractivity contribution is -0.122. The Morgan fingerprint density at radius 3 is 2.44 bits per heavy atom. The number of methoxy groups -OCH3 is 3. The number of fused-ring (bicyclic) bond motifs is 1. The second kappa shape index (κ2) is 13.4. The number of hydrogen-bond donors (Lipinski definition) is 0. The monoisotopic (exact) mass is 680 g/mol. The van der Waals surface area contributed by atoms with Gasteiger partial charge in [0.1, 0.15) is 12.4 Å². The number of benzene rings is 4. The van der Waals surface area contributed by atoms with Gasteiger partial charge in [0.25, 0.3) is 5.91 Å². The molecule has 4 aromatic rings. The quantitative estimate of drug-likeness (QED) is 0.130. The molecule has 7 nitrogen and oxygen atoms in total. The van der Waals surface area contributed by atoms with Crippen molar-refractivity contribution >= 4 is 68.0 Å². The number of carbonyl (C=O) groups excluding carboxylic acids is 1. The van der Waals surface area contributed by atoms with E-state index >= 15 is 0 Å². The Morgan fingerprint density at radius 1 is 0.927 bits per heavy atom. The van der Waals surface area contributed by atoms with Gasteiger partial charge in [-0.25, -0.2) is 4.99 Å². The summed E-state index contributed by atoms with van der Waals surface area (Å²) in [5, 5.41) is 2.96. The lowest BCUT2D eigenvalue weighted by Gasteiger charge is -2.15. The fourth-order valence-corrected chi connectivity index (χ4v) is 6.14. The van der Waals surface area contributed by atoms with Crippen molar-refractivity contribution < 1.29 is 23.7 Å². The molecule has 1 amide bonds. The van der Waals surface area contributed by atoms with Gasteiger partial charge in [-0.3, -0.25) is 9.69 Å². The van der Waals surface area contributed by atoms with Crippen molar-refractivity contribution in [3.05, 3.63) is 98.5 Å². The summed E-state index contributed by atoms with van der Waals surface area (Å²) >= 11 is 3.58. The number of carbonyl (C=O) groups is 1. The summed E-state index contributed by atoms with van der Waals surface area (Å²) in [6.45, 7) is 1.21. The Bertz CT molecular complexity index is 1620. The van der Waals surface area contributed by atoms with Crippen LogP contribution in [0.1, 0.15) is 11.1 Å². The zero-order chi connectivity index (χ0) is 28.8. The van der Waals surface area contributed by atoms with E-state index in [1.165, 1.54) is 22.5 Å². The SMILES string of the molecule is COCCN1C(=O)/C(=C/c2cc(I)c(OCc3ccc4ccccc4c3)c(OC)c2)SC1=Nc1ccc(OC)cc1. The first-order chi connectivity index (χ1) is 20.0. The molecule has 0 unspecified atom stereocenters. The van der Waals surface area contributed by atoms with E-state index in [0.717, 1.165) is 26.1 Å². The molecule has 1 fully saturated rings. The Hall–Kier alpha value is -3.54. The van der Waals surface area contributed by atoms with Crippen LogP contribution >= 0.6 is 34.4 Å². The minimum atomic E-state index is -0.120. The summed E-state index contributed by atoms with van der Waals surface area (Å²) < 4.78 is 23.3. The van der Waals surface area contributed by atoms with E-state index in [9.17, 15) is 4.79 Å². The molecule has 1 aliphatic rings. The molecule has 9 heteroatoms. The van der Waals surface area contributed by atoms with Gasteiger partial charge in [-0.05, 0) is 105 Å². The predicted molar refractivity (Wildman–Crippen MR) is 173 cm³/mol. The zero-order valence-corrected chi connectivity index (χ0v) is 25.9. The summed E-state index contributed by atoms with van der Waals surface area (Å²) in [5.74, 6) is 1.89. The topological polar surface area (TPSA) is 69.6 Å². The lowest BCUT2D eigenvalue weighted by Crippen LogP contribution is -2.32. The van der Waals surface area contributed by atoms with Gasteiger partial charge in [0.2, 0.25) is 0 Å². The third-order valence-corrected chi connectivity index (χ3v) is 8.26. The van der Waals surface area contributed by atoms with Crippen molar-refractivity contribution in [3.63, 3.8) is 0 Å². The summed E-state index contributed by atoms with van der Waals surface area (Å²) in [4.78, 5) is 20.3. The molecule has 0 radical (unpaired) electrons.